The summed E-state index contributed by atoms with van der Waals surface area (Å²) in [6, 6.07) is 2.74. The molecule has 0 unspecified atom stereocenters. The van der Waals surface area contributed by atoms with Crippen LogP contribution in [0.15, 0.2) is 21.7 Å². The zero-order chi connectivity index (χ0) is 9.68. The zero-order valence-corrected chi connectivity index (χ0v) is 8.02. The van der Waals surface area contributed by atoms with E-state index in [1.54, 1.807) is 0 Å². The highest BCUT2D eigenvalue weighted by atomic mass is 79.9. The number of nitrogens with zero attached hydrogens (tertiary/aromatic N) is 2. The molecule has 0 aliphatic heterocycles. The molecule has 1 aromatic rings. The van der Waals surface area contributed by atoms with Crippen molar-refractivity contribution in [3.05, 3.63) is 28.0 Å². The lowest BCUT2D eigenvalue weighted by molar-refractivity contribution is -0.402. The van der Waals surface area contributed by atoms with Crippen molar-refractivity contribution in [2.75, 3.05) is 5.45 Å². The van der Waals surface area contributed by atoms with Gasteiger partial charge in [-0.05, 0) is 6.07 Å². The Morgan fingerprint density at radius 2 is 2.54 bits per heavy atom. The molecule has 0 fully saturated rings. The minimum absolute atomic E-state index is 0.291. The summed E-state index contributed by atoms with van der Waals surface area (Å²) in [5.74, 6) is 0.0421. The van der Waals surface area contributed by atoms with Crippen molar-refractivity contribution in [3.63, 3.8) is 0 Å². The second kappa shape index (κ2) is 4.61. The lowest BCUT2D eigenvalue weighted by Crippen LogP contribution is -2.00. The number of halogens is 1. The summed E-state index contributed by atoms with van der Waals surface area (Å²) < 4.78 is 4.79. The molecule has 1 N–H and O–H groups in total. The van der Waals surface area contributed by atoms with E-state index in [0.717, 1.165) is 0 Å². The van der Waals surface area contributed by atoms with Crippen molar-refractivity contribution in [1.82, 2.24) is 5.43 Å². The first-order valence-corrected chi connectivity index (χ1v) is 4.42. The fourth-order valence-corrected chi connectivity index (χ4v) is 0.798. The highest BCUT2D eigenvalue weighted by Crippen LogP contribution is 2.13. The van der Waals surface area contributed by atoms with Crippen LogP contribution in [-0.2, 0) is 0 Å². The fraction of sp³-hybridized carbons (Fsp3) is 0.167. The second-order valence-corrected chi connectivity index (χ2v) is 2.54. The first-order valence-electron chi connectivity index (χ1n) is 3.30. The Labute approximate surface area is 81.9 Å². The van der Waals surface area contributed by atoms with Crippen molar-refractivity contribution in [1.29, 1.82) is 0 Å². The van der Waals surface area contributed by atoms with Crippen LogP contribution in [0.2, 0.25) is 0 Å². The van der Waals surface area contributed by atoms with E-state index in [1.165, 1.54) is 18.3 Å². The number of nitro groups is 1. The van der Waals surface area contributed by atoms with Gasteiger partial charge in [0.1, 0.15) is 4.92 Å². The number of hydrazone groups is 1. The maximum Gasteiger partial charge on any atom is 0.433 e. The van der Waals surface area contributed by atoms with Gasteiger partial charge in [0.05, 0.1) is 17.7 Å². The molecule has 6 nitrogen and oxygen atoms in total. The molecule has 70 valence electrons. The van der Waals surface area contributed by atoms with E-state index >= 15 is 0 Å². The van der Waals surface area contributed by atoms with Crippen LogP contribution < -0.4 is 5.43 Å². The number of hydrogen-bond donors (Lipinski definition) is 1. The summed E-state index contributed by atoms with van der Waals surface area (Å²) in [5.41, 5.74) is 3.10. The third-order valence-corrected chi connectivity index (χ3v) is 1.39. The lowest BCUT2D eigenvalue weighted by Gasteiger charge is -1.87. The van der Waals surface area contributed by atoms with Crippen LogP contribution in [0.3, 0.4) is 0 Å². The SMILES string of the molecule is O=[N+]([O-])c1ccc(C=NNCBr)o1. The van der Waals surface area contributed by atoms with Crippen LogP contribution >= 0.6 is 15.9 Å². The molecule has 0 atom stereocenters. The first kappa shape index (κ1) is 9.72. The third-order valence-electron chi connectivity index (χ3n) is 1.14. The molecule has 0 aliphatic carbocycles. The van der Waals surface area contributed by atoms with E-state index in [4.69, 9.17) is 4.42 Å². The lowest BCUT2D eigenvalue weighted by atomic mass is 10.5. The van der Waals surface area contributed by atoms with Crippen molar-refractivity contribution in [2.45, 2.75) is 0 Å². The van der Waals surface area contributed by atoms with Crippen LogP contribution in [0.25, 0.3) is 0 Å². The molecule has 0 amide bonds. The van der Waals surface area contributed by atoms with Gasteiger partial charge in [-0.3, -0.25) is 15.5 Å². The second-order valence-electron chi connectivity index (χ2n) is 1.98. The minimum atomic E-state index is -0.602. The van der Waals surface area contributed by atoms with E-state index < -0.39 is 4.92 Å². The molecular formula is C6H6BrN3O3. The maximum atomic E-state index is 10.2. The molecule has 0 saturated carbocycles. The highest BCUT2D eigenvalue weighted by molar-refractivity contribution is 9.09. The Kier molecular flexibility index (Phi) is 3.44. The van der Waals surface area contributed by atoms with Crippen molar-refractivity contribution in [2.24, 2.45) is 5.10 Å². The van der Waals surface area contributed by atoms with Gasteiger partial charge in [0.25, 0.3) is 0 Å². The van der Waals surface area contributed by atoms with Gasteiger partial charge in [-0.25, -0.2) is 0 Å². The number of hydrogen-bond acceptors (Lipinski definition) is 5. The van der Waals surface area contributed by atoms with Crippen LogP contribution in [0.1, 0.15) is 5.76 Å². The maximum absolute atomic E-state index is 10.2. The van der Waals surface area contributed by atoms with E-state index in [-0.39, 0.29) is 5.88 Å². The summed E-state index contributed by atoms with van der Waals surface area (Å²) in [7, 11) is 0. The Bertz CT molecular complexity index is 323. The fourth-order valence-electron chi connectivity index (χ4n) is 0.653. The molecule has 1 rings (SSSR count). The van der Waals surface area contributed by atoms with Crippen LogP contribution in [0.4, 0.5) is 5.88 Å². The van der Waals surface area contributed by atoms with Gasteiger partial charge in [0.2, 0.25) is 0 Å². The molecular weight excluding hydrogens is 242 g/mol. The minimum Gasteiger partial charge on any atom is -0.400 e. The molecule has 0 saturated heterocycles. The third kappa shape index (κ3) is 2.86. The van der Waals surface area contributed by atoms with Gasteiger partial charge in [-0.2, -0.15) is 5.10 Å². The molecule has 0 radical (unpaired) electrons. The van der Waals surface area contributed by atoms with Gasteiger partial charge in [-0.15, -0.1) is 0 Å². The predicted octanol–water partition coefficient (Wildman–Crippen LogP) is 1.46. The summed E-state index contributed by atoms with van der Waals surface area (Å²) in [5, 5.41) is 13.9. The Hall–Kier alpha value is -1.37. The summed E-state index contributed by atoms with van der Waals surface area (Å²) in [4.78, 5) is 9.59. The van der Waals surface area contributed by atoms with Gasteiger partial charge in [0.15, 0.2) is 5.76 Å². The van der Waals surface area contributed by atoms with Crippen molar-refractivity contribution >= 4 is 28.0 Å². The number of rotatable bonds is 4. The molecule has 0 bridgehead atoms. The Morgan fingerprint density at radius 1 is 1.77 bits per heavy atom. The van der Waals surface area contributed by atoms with E-state index in [2.05, 4.69) is 26.5 Å². The monoisotopic (exact) mass is 247 g/mol. The van der Waals surface area contributed by atoms with Gasteiger partial charge in [-0.1, -0.05) is 15.9 Å². The smallest absolute Gasteiger partial charge is 0.400 e. The van der Waals surface area contributed by atoms with E-state index in [0.29, 0.717) is 11.2 Å². The number of alkyl halides is 1. The average Bonchev–Trinajstić information content (AvgIpc) is 2.53. The molecule has 0 aliphatic rings. The van der Waals surface area contributed by atoms with Crippen LogP contribution in [0.5, 0.6) is 0 Å². The zero-order valence-electron chi connectivity index (χ0n) is 6.44. The molecule has 13 heavy (non-hydrogen) atoms. The normalized spacial score (nSPS) is 10.5. The van der Waals surface area contributed by atoms with Crippen LogP contribution in [0, 0.1) is 10.1 Å². The van der Waals surface area contributed by atoms with Crippen molar-refractivity contribution < 1.29 is 9.34 Å². The summed E-state index contributed by atoms with van der Waals surface area (Å²) in [6.07, 6.45) is 1.36. The molecule has 1 aromatic heterocycles. The molecule has 1 heterocycles. The topological polar surface area (TPSA) is 80.7 Å². The van der Waals surface area contributed by atoms with Crippen LogP contribution in [-0.4, -0.2) is 16.6 Å². The number of nitrogens with one attached hydrogen (secondary N) is 1. The molecule has 0 spiro atoms. The Morgan fingerprint density at radius 3 is 3.08 bits per heavy atom. The van der Waals surface area contributed by atoms with Crippen molar-refractivity contribution in [3.8, 4) is 0 Å². The summed E-state index contributed by atoms with van der Waals surface area (Å²) in [6.45, 7) is 0. The van der Waals surface area contributed by atoms with E-state index in [9.17, 15) is 10.1 Å². The highest BCUT2D eigenvalue weighted by Gasteiger charge is 2.09. The Balaban J connectivity index is 2.64. The van der Waals surface area contributed by atoms with Gasteiger partial charge >= 0.3 is 5.88 Å². The predicted molar refractivity (Wildman–Crippen MR) is 49.9 cm³/mol. The van der Waals surface area contributed by atoms with Gasteiger partial charge in [0, 0.05) is 0 Å². The standard InChI is InChI=1S/C6H6BrN3O3/c7-4-9-8-3-5-1-2-6(13-5)10(11)12/h1-3,9H,4H2. The molecule has 7 heteroatoms. The number of furan rings is 1. The van der Waals surface area contributed by atoms with Gasteiger partial charge < -0.3 is 4.42 Å². The average molecular weight is 248 g/mol. The molecule has 0 aromatic carbocycles. The summed E-state index contributed by atoms with van der Waals surface area (Å²) >= 11 is 3.09. The quantitative estimate of drug-likeness (QED) is 0.287. The largest absolute Gasteiger partial charge is 0.433 e. The first-order chi connectivity index (χ1) is 6.24. The van der Waals surface area contributed by atoms with E-state index in [1.807, 2.05) is 0 Å².